The summed E-state index contributed by atoms with van der Waals surface area (Å²) >= 11 is 0. The SMILES string of the molecule is C=C(CCCc1ccc([N+](=O)[O-])cc1)C(C)C. The monoisotopic (exact) mass is 233 g/mol. The van der Waals surface area contributed by atoms with E-state index in [0.29, 0.717) is 5.92 Å². The van der Waals surface area contributed by atoms with E-state index in [1.807, 2.05) is 12.1 Å². The van der Waals surface area contributed by atoms with Gasteiger partial charge in [-0.2, -0.15) is 0 Å². The molecule has 17 heavy (non-hydrogen) atoms. The van der Waals surface area contributed by atoms with Crippen molar-refractivity contribution < 1.29 is 4.92 Å². The van der Waals surface area contributed by atoms with Crippen LogP contribution < -0.4 is 0 Å². The highest BCUT2D eigenvalue weighted by molar-refractivity contribution is 5.32. The molecule has 0 spiro atoms. The molecule has 0 unspecified atom stereocenters. The molecule has 0 aliphatic carbocycles. The summed E-state index contributed by atoms with van der Waals surface area (Å²) in [6, 6.07) is 6.78. The second-order valence-corrected chi connectivity index (χ2v) is 4.59. The van der Waals surface area contributed by atoms with Gasteiger partial charge in [-0.3, -0.25) is 10.1 Å². The summed E-state index contributed by atoms with van der Waals surface area (Å²) in [5.74, 6) is 0.534. The molecule has 1 aromatic carbocycles. The molecule has 0 fully saturated rings. The number of aryl methyl sites for hydroxylation is 1. The highest BCUT2D eigenvalue weighted by atomic mass is 16.6. The van der Waals surface area contributed by atoms with Crippen LogP contribution in [0.25, 0.3) is 0 Å². The molecule has 0 saturated heterocycles. The van der Waals surface area contributed by atoms with Crippen molar-refractivity contribution in [1.29, 1.82) is 0 Å². The van der Waals surface area contributed by atoms with Crippen LogP contribution in [0.1, 0.15) is 32.3 Å². The Balaban J connectivity index is 2.42. The van der Waals surface area contributed by atoms with E-state index in [4.69, 9.17) is 0 Å². The van der Waals surface area contributed by atoms with Crippen LogP contribution in [-0.2, 0) is 6.42 Å². The molecule has 0 N–H and O–H groups in total. The molecule has 0 aliphatic rings. The predicted octanol–water partition coefficient (Wildman–Crippen LogP) is 4.13. The molecule has 1 rings (SSSR count). The summed E-state index contributed by atoms with van der Waals surface area (Å²) in [5.41, 5.74) is 2.57. The smallest absolute Gasteiger partial charge is 0.258 e. The van der Waals surface area contributed by atoms with Crippen LogP contribution in [0.5, 0.6) is 0 Å². The molecule has 0 aliphatic heterocycles. The molecule has 0 bridgehead atoms. The Morgan fingerprint density at radius 2 is 1.94 bits per heavy atom. The van der Waals surface area contributed by atoms with Gasteiger partial charge in [0.2, 0.25) is 0 Å². The van der Waals surface area contributed by atoms with Gasteiger partial charge in [0.25, 0.3) is 5.69 Å². The van der Waals surface area contributed by atoms with Gasteiger partial charge in [0.1, 0.15) is 0 Å². The molecule has 0 heterocycles. The largest absolute Gasteiger partial charge is 0.269 e. The van der Waals surface area contributed by atoms with Crippen LogP contribution in [0, 0.1) is 16.0 Å². The minimum absolute atomic E-state index is 0.153. The second kappa shape index (κ2) is 6.18. The molecule has 0 atom stereocenters. The van der Waals surface area contributed by atoms with Gasteiger partial charge in [-0.15, -0.1) is 0 Å². The Labute approximate surface area is 102 Å². The molecule has 0 radical (unpaired) electrons. The first-order chi connectivity index (χ1) is 8.00. The van der Waals surface area contributed by atoms with Crippen molar-refractivity contribution in [1.82, 2.24) is 0 Å². The van der Waals surface area contributed by atoms with Crippen LogP contribution >= 0.6 is 0 Å². The molecule has 1 aromatic rings. The zero-order valence-corrected chi connectivity index (χ0v) is 10.5. The molecule has 92 valence electrons. The normalized spacial score (nSPS) is 10.5. The molecule has 0 amide bonds. The summed E-state index contributed by atoms with van der Waals surface area (Å²) < 4.78 is 0. The maximum atomic E-state index is 10.5. The molecule has 3 heteroatoms. The Morgan fingerprint density at radius 1 is 1.35 bits per heavy atom. The number of rotatable bonds is 6. The van der Waals surface area contributed by atoms with E-state index in [9.17, 15) is 10.1 Å². The number of benzene rings is 1. The van der Waals surface area contributed by atoms with Crippen molar-refractivity contribution in [2.45, 2.75) is 33.1 Å². The highest BCUT2D eigenvalue weighted by Gasteiger charge is 2.04. The Kier molecular flexibility index (Phi) is 4.88. The fourth-order valence-corrected chi connectivity index (χ4v) is 1.59. The summed E-state index contributed by atoms with van der Waals surface area (Å²) in [5, 5.41) is 10.5. The van der Waals surface area contributed by atoms with Crippen molar-refractivity contribution in [3.05, 3.63) is 52.1 Å². The lowest BCUT2D eigenvalue weighted by molar-refractivity contribution is -0.384. The summed E-state index contributed by atoms with van der Waals surface area (Å²) in [6.07, 6.45) is 3.02. The maximum absolute atomic E-state index is 10.5. The lowest BCUT2D eigenvalue weighted by atomic mass is 9.98. The van der Waals surface area contributed by atoms with Crippen LogP contribution in [0.3, 0.4) is 0 Å². The first kappa shape index (κ1) is 13.4. The van der Waals surface area contributed by atoms with Gasteiger partial charge in [0, 0.05) is 12.1 Å². The number of nitro benzene ring substituents is 1. The third-order valence-electron chi connectivity index (χ3n) is 2.93. The molecular formula is C14H19NO2. The minimum Gasteiger partial charge on any atom is -0.258 e. The number of hydrogen-bond acceptors (Lipinski definition) is 2. The molecular weight excluding hydrogens is 214 g/mol. The first-order valence-corrected chi connectivity index (χ1v) is 5.91. The Morgan fingerprint density at radius 3 is 2.41 bits per heavy atom. The standard InChI is InChI=1S/C14H19NO2/c1-11(2)12(3)5-4-6-13-7-9-14(10-8-13)15(16)17/h7-11H,3-6H2,1-2H3. The minimum atomic E-state index is -0.371. The lowest BCUT2D eigenvalue weighted by Gasteiger charge is -2.08. The number of hydrogen-bond donors (Lipinski definition) is 0. The zero-order valence-electron chi connectivity index (χ0n) is 10.5. The molecule has 0 saturated carbocycles. The summed E-state index contributed by atoms with van der Waals surface area (Å²) in [4.78, 5) is 10.1. The summed E-state index contributed by atoms with van der Waals surface area (Å²) in [6.45, 7) is 8.33. The summed E-state index contributed by atoms with van der Waals surface area (Å²) in [7, 11) is 0. The highest BCUT2D eigenvalue weighted by Crippen LogP contribution is 2.17. The van der Waals surface area contributed by atoms with Gasteiger partial charge in [-0.25, -0.2) is 0 Å². The van der Waals surface area contributed by atoms with Crippen LogP contribution in [-0.4, -0.2) is 4.92 Å². The van der Waals surface area contributed by atoms with E-state index in [2.05, 4.69) is 20.4 Å². The van der Waals surface area contributed by atoms with Gasteiger partial charge in [-0.1, -0.05) is 38.1 Å². The number of non-ortho nitro benzene ring substituents is 1. The van der Waals surface area contributed by atoms with Crippen LogP contribution in [0.2, 0.25) is 0 Å². The van der Waals surface area contributed by atoms with Crippen molar-refractivity contribution in [3.8, 4) is 0 Å². The number of allylic oxidation sites excluding steroid dienone is 1. The Bertz CT molecular complexity index is 393. The average Bonchev–Trinajstić information content (AvgIpc) is 2.29. The maximum Gasteiger partial charge on any atom is 0.269 e. The predicted molar refractivity (Wildman–Crippen MR) is 70.0 cm³/mol. The zero-order chi connectivity index (χ0) is 12.8. The molecule has 0 aromatic heterocycles. The van der Waals surface area contributed by atoms with E-state index in [0.717, 1.165) is 24.8 Å². The van der Waals surface area contributed by atoms with Gasteiger partial charge in [0.05, 0.1) is 4.92 Å². The van der Waals surface area contributed by atoms with E-state index in [1.165, 1.54) is 5.57 Å². The fourth-order valence-electron chi connectivity index (χ4n) is 1.59. The molecule has 3 nitrogen and oxygen atoms in total. The number of nitro groups is 1. The van der Waals surface area contributed by atoms with E-state index in [1.54, 1.807) is 12.1 Å². The third kappa shape index (κ3) is 4.39. The van der Waals surface area contributed by atoms with Crippen molar-refractivity contribution in [2.24, 2.45) is 5.92 Å². The number of nitrogens with zero attached hydrogens (tertiary/aromatic N) is 1. The topological polar surface area (TPSA) is 43.1 Å². The average molecular weight is 233 g/mol. The van der Waals surface area contributed by atoms with Gasteiger partial charge in [-0.05, 0) is 30.7 Å². The van der Waals surface area contributed by atoms with E-state index < -0.39 is 0 Å². The van der Waals surface area contributed by atoms with Crippen molar-refractivity contribution in [2.75, 3.05) is 0 Å². The third-order valence-corrected chi connectivity index (χ3v) is 2.93. The van der Waals surface area contributed by atoms with Crippen LogP contribution in [0.15, 0.2) is 36.4 Å². The van der Waals surface area contributed by atoms with Crippen molar-refractivity contribution >= 4 is 5.69 Å². The van der Waals surface area contributed by atoms with Gasteiger partial charge in [0.15, 0.2) is 0 Å². The quantitative estimate of drug-likeness (QED) is 0.421. The Hall–Kier alpha value is -1.64. The van der Waals surface area contributed by atoms with E-state index >= 15 is 0 Å². The van der Waals surface area contributed by atoms with Crippen molar-refractivity contribution in [3.63, 3.8) is 0 Å². The van der Waals surface area contributed by atoms with E-state index in [-0.39, 0.29) is 10.6 Å². The van der Waals surface area contributed by atoms with Crippen LogP contribution in [0.4, 0.5) is 5.69 Å². The van der Waals surface area contributed by atoms with Gasteiger partial charge >= 0.3 is 0 Å². The first-order valence-electron chi connectivity index (χ1n) is 5.91. The van der Waals surface area contributed by atoms with Gasteiger partial charge < -0.3 is 0 Å². The fraction of sp³-hybridized carbons (Fsp3) is 0.429. The lowest BCUT2D eigenvalue weighted by Crippen LogP contribution is -1.94. The second-order valence-electron chi connectivity index (χ2n) is 4.59.